The lowest BCUT2D eigenvalue weighted by Gasteiger charge is -2.21. The Labute approximate surface area is 153 Å². The number of nitrogens with one attached hydrogen (secondary N) is 1. The van der Waals surface area contributed by atoms with Crippen molar-refractivity contribution in [3.05, 3.63) is 58.4 Å². The maximum Gasteiger partial charge on any atom is 0.254 e. The van der Waals surface area contributed by atoms with E-state index in [0.29, 0.717) is 31.5 Å². The summed E-state index contributed by atoms with van der Waals surface area (Å²) in [5.74, 6) is 0.918. The number of hydrogen-bond donors (Lipinski definition) is 1. The van der Waals surface area contributed by atoms with Gasteiger partial charge in [0.05, 0.1) is 19.3 Å². The minimum absolute atomic E-state index is 0.00658. The zero-order valence-electron chi connectivity index (χ0n) is 15.5. The molecule has 0 saturated heterocycles. The molecule has 3 rings (SSSR count). The number of carbonyl (C=O) groups excluding carboxylic acids is 2. The molecule has 0 radical (unpaired) electrons. The number of aryl methyl sites for hydroxylation is 3. The number of fused-ring (bicyclic) bond motifs is 1. The molecule has 1 amide bonds. The number of hydrogen-bond acceptors (Lipinski definition) is 4. The summed E-state index contributed by atoms with van der Waals surface area (Å²) >= 11 is 0. The van der Waals surface area contributed by atoms with E-state index in [1.165, 1.54) is 0 Å². The highest BCUT2D eigenvalue weighted by molar-refractivity contribution is 5.95. The maximum atomic E-state index is 13.1. The first-order valence-electron chi connectivity index (χ1n) is 8.79. The zero-order valence-corrected chi connectivity index (χ0v) is 15.5. The van der Waals surface area contributed by atoms with E-state index in [2.05, 4.69) is 10.4 Å². The van der Waals surface area contributed by atoms with Gasteiger partial charge in [-0.25, -0.2) is 0 Å². The molecule has 1 aromatic carbocycles. The van der Waals surface area contributed by atoms with Crippen molar-refractivity contribution in [2.45, 2.75) is 33.2 Å². The summed E-state index contributed by atoms with van der Waals surface area (Å²) in [4.78, 5) is 25.5. The summed E-state index contributed by atoms with van der Waals surface area (Å²) < 4.78 is 1.79. The number of allylic oxidation sites excluding steroid dienone is 1. The topological polar surface area (TPSA) is 67.2 Å². The molecular weight excluding hydrogens is 328 g/mol. The molecule has 0 saturated carbocycles. The molecule has 26 heavy (non-hydrogen) atoms. The van der Waals surface area contributed by atoms with Crippen molar-refractivity contribution in [3.8, 4) is 0 Å². The molecule has 1 N–H and O–H groups in total. The van der Waals surface area contributed by atoms with Crippen LogP contribution >= 0.6 is 0 Å². The second-order valence-electron chi connectivity index (χ2n) is 6.59. The summed E-state index contributed by atoms with van der Waals surface area (Å²) in [5, 5.41) is 7.66. The number of aldehydes is 1. The van der Waals surface area contributed by atoms with Gasteiger partial charge >= 0.3 is 0 Å². The molecule has 136 valence electrons. The number of nitrogens with zero attached hydrogens (tertiary/aromatic N) is 3. The second-order valence-corrected chi connectivity index (χ2v) is 6.59. The number of anilines is 1. The van der Waals surface area contributed by atoms with E-state index in [0.717, 1.165) is 34.5 Å². The molecule has 0 unspecified atom stereocenters. The monoisotopic (exact) mass is 352 g/mol. The first-order chi connectivity index (χ1) is 12.5. The van der Waals surface area contributed by atoms with Crippen LogP contribution < -0.4 is 5.32 Å². The number of amides is 1. The molecule has 2 heterocycles. The van der Waals surface area contributed by atoms with Crippen LogP contribution in [0.4, 0.5) is 5.82 Å². The Bertz CT molecular complexity index is 867. The summed E-state index contributed by atoms with van der Waals surface area (Å²) in [6.07, 6.45) is 5.91. The lowest BCUT2D eigenvalue weighted by molar-refractivity contribution is -0.107. The number of rotatable bonds is 4. The van der Waals surface area contributed by atoms with Crippen LogP contribution in [0.1, 0.15) is 40.4 Å². The molecular formula is C20H24N4O2. The SMILES string of the molecule is C/C=C1\CN(C(=O)c2ccc(CCC=O)c(C)c2)Cc2cnn(C)c2N1. The average molecular weight is 352 g/mol. The first-order valence-corrected chi connectivity index (χ1v) is 8.79. The van der Waals surface area contributed by atoms with Crippen molar-refractivity contribution in [2.75, 3.05) is 11.9 Å². The number of aromatic nitrogens is 2. The van der Waals surface area contributed by atoms with E-state index < -0.39 is 0 Å². The smallest absolute Gasteiger partial charge is 0.254 e. The predicted molar refractivity (Wildman–Crippen MR) is 101 cm³/mol. The molecule has 0 bridgehead atoms. The Hall–Kier alpha value is -2.89. The lowest BCUT2D eigenvalue weighted by Crippen LogP contribution is -2.32. The zero-order chi connectivity index (χ0) is 18.7. The highest BCUT2D eigenvalue weighted by Gasteiger charge is 2.24. The summed E-state index contributed by atoms with van der Waals surface area (Å²) in [6, 6.07) is 5.72. The molecule has 1 aliphatic rings. The van der Waals surface area contributed by atoms with Crippen LogP contribution in [0.5, 0.6) is 0 Å². The molecule has 0 aliphatic carbocycles. The van der Waals surface area contributed by atoms with Gasteiger partial charge in [0, 0.05) is 30.3 Å². The van der Waals surface area contributed by atoms with Gasteiger partial charge in [-0.3, -0.25) is 9.48 Å². The van der Waals surface area contributed by atoms with E-state index >= 15 is 0 Å². The van der Waals surface area contributed by atoms with Crippen LogP contribution in [0.2, 0.25) is 0 Å². The molecule has 2 aromatic rings. The molecule has 6 heteroatoms. The van der Waals surface area contributed by atoms with Gasteiger partial charge < -0.3 is 15.0 Å². The molecule has 0 fully saturated rings. The average Bonchev–Trinajstić information content (AvgIpc) is 2.87. The molecule has 6 nitrogen and oxygen atoms in total. The minimum Gasteiger partial charge on any atom is -0.342 e. The highest BCUT2D eigenvalue weighted by atomic mass is 16.2. The Kier molecular flexibility index (Phi) is 5.21. The van der Waals surface area contributed by atoms with Gasteiger partial charge in [0.1, 0.15) is 12.1 Å². The fourth-order valence-corrected chi connectivity index (χ4v) is 3.23. The minimum atomic E-state index is -0.00658. The Balaban J connectivity index is 1.87. The second kappa shape index (κ2) is 7.56. The Morgan fingerprint density at radius 1 is 1.35 bits per heavy atom. The third-order valence-corrected chi connectivity index (χ3v) is 4.77. The Morgan fingerprint density at radius 2 is 2.15 bits per heavy atom. The van der Waals surface area contributed by atoms with Gasteiger partial charge in [0.2, 0.25) is 0 Å². The quantitative estimate of drug-likeness (QED) is 0.859. The van der Waals surface area contributed by atoms with E-state index in [1.54, 1.807) is 10.9 Å². The summed E-state index contributed by atoms with van der Waals surface area (Å²) in [5.41, 5.74) is 4.78. The van der Waals surface area contributed by atoms with Crippen LogP contribution in [0, 0.1) is 6.92 Å². The lowest BCUT2D eigenvalue weighted by atomic mass is 10.0. The third kappa shape index (κ3) is 3.54. The van der Waals surface area contributed by atoms with E-state index in [1.807, 2.05) is 50.1 Å². The maximum absolute atomic E-state index is 13.1. The van der Waals surface area contributed by atoms with Crippen LogP contribution in [0.3, 0.4) is 0 Å². The predicted octanol–water partition coefficient (Wildman–Crippen LogP) is 2.83. The van der Waals surface area contributed by atoms with Gasteiger partial charge in [-0.15, -0.1) is 0 Å². The first kappa shape index (κ1) is 17.9. The number of carbonyl (C=O) groups is 2. The van der Waals surface area contributed by atoms with Crippen molar-refractivity contribution in [3.63, 3.8) is 0 Å². The van der Waals surface area contributed by atoms with Crippen molar-refractivity contribution in [1.82, 2.24) is 14.7 Å². The van der Waals surface area contributed by atoms with E-state index in [9.17, 15) is 9.59 Å². The fourth-order valence-electron chi connectivity index (χ4n) is 3.23. The van der Waals surface area contributed by atoms with Crippen LogP contribution in [0.15, 0.2) is 36.2 Å². The van der Waals surface area contributed by atoms with Gasteiger partial charge in [0.15, 0.2) is 0 Å². The fraction of sp³-hybridized carbons (Fsp3) is 0.350. The van der Waals surface area contributed by atoms with Crippen LogP contribution in [0.25, 0.3) is 0 Å². The van der Waals surface area contributed by atoms with Crippen LogP contribution in [-0.4, -0.2) is 33.4 Å². The normalized spacial score (nSPS) is 15.3. The highest BCUT2D eigenvalue weighted by Crippen LogP contribution is 2.24. The molecule has 1 aliphatic heterocycles. The van der Waals surface area contributed by atoms with Crippen molar-refractivity contribution in [2.24, 2.45) is 7.05 Å². The largest absolute Gasteiger partial charge is 0.342 e. The standard InChI is InChI=1S/C20H24N4O2/c1-4-18-13-24(12-17-11-21-23(3)19(17)22-18)20(26)16-8-7-15(6-5-9-25)14(2)10-16/h4,7-11,22H,5-6,12-13H2,1-3H3/b18-4+. The van der Waals surface area contributed by atoms with Gasteiger partial charge in [-0.05, 0) is 43.5 Å². The number of benzene rings is 1. The van der Waals surface area contributed by atoms with Gasteiger partial charge in [-0.1, -0.05) is 12.1 Å². The molecule has 0 spiro atoms. The van der Waals surface area contributed by atoms with Crippen LogP contribution in [-0.2, 0) is 24.8 Å². The summed E-state index contributed by atoms with van der Waals surface area (Å²) in [7, 11) is 1.89. The molecule has 1 aromatic heterocycles. The Morgan fingerprint density at radius 3 is 2.85 bits per heavy atom. The van der Waals surface area contributed by atoms with Crippen molar-refractivity contribution in [1.29, 1.82) is 0 Å². The van der Waals surface area contributed by atoms with Crippen molar-refractivity contribution < 1.29 is 9.59 Å². The van der Waals surface area contributed by atoms with Gasteiger partial charge in [0.25, 0.3) is 5.91 Å². The van der Waals surface area contributed by atoms with E-state index in [-0.39, 0.29) is 5.91 Å². The van der Waals surface area contributed by atoms with E-state index in [4.69, 9.17) is 0 Å². The molecule has 0 atom stereocenters. The third-order valence-electron chi connectivity index (χ3n) is 4.77. The summed E-state index contributed by atoms with van der Waals surface area (Å²) in [6.45, 7) is 4.98. The van der Waals surface area contributed by atoms with Crippen molar-refractivity contribution >= 4 is 18.0 Å². The van der Waals surface area contributed by atoms with Gasteiger partial charge in [-0.2, -0.15) is 5.10 Å².